The maximum atomic E-state index is 13.2. The highest BCUT2D eigenvalue weighted by molar-refractivity contribution is 5.96. The van der Waals surface area contributed by atoms with Gasteiger partial charge in [0.15, 0.2) is 5.69 Å². The van der Waals surface area contributed by atoms with E-state index in [4.69, 9.17) is 0 Å². The van der Waals surface area contributed by atoms with Gasteiger partial charge in [-0.1, -0.05) is 12.8 Å². The van der Waals surface area contributed by atoms with E-state index in [-0.39, 0.29) is 23.7 Å². The number of aromatic hydroxyl groups is 1. The molecule has 8 heteroatoms. The van der Waals surface area contributed by atoms with Crippen LogP contribution in [0.1, 0.15) is 60.9 Å². The number of amides is 1. The Bertz CT molecular complexity index is 1240. The molecule has 0 spiro atoms. The third kappa shape index (κ3) is 2.88. The Morgan fingerprint density at radius 1 is 1.06 bits per heavy atom. The standard InChI is InChI=1S/C23H25N5O3/c29-19-18-23(31)26(16-7-8-16)12-13-28(18)21(25-22(19)30)17(14-4-1-2-5-14)27-11-9-15-6-3-10-24-20(15)27/h3,6,9-11,14,16-17,29H,1-2,4-5,7-8,12-13H2. The molecule has 2 saturated carbocycles. The number of fused-ring (bicyclic) bond motifs is 2. The predicted molar refractivity (Wildman–Crippen MR) is 114 cm³/mol. The minimum atomic E-state index is -0.723. The first kappa shape index (κ1) is 18.6. The summed E-state index contributed by atoms with van der Waals surface area (Å²) in [5.74, 6) is 0.0753. The summed E-state index contributed by atoms with van der Waals surface area (Å²) >= 11 is 0. The van der Waals surface area contributed by atoms with Gasteiger partial charge in [0, 0.05) is 36.9 Å². The van der Waals surface area contributed by atoms with Crippen molar-refractivity contribution in [1.29, 1.82) is 0 Å². The zero-order valence-corrected chi connectivity index (χ0v) is 17.3. The quantitative estimate of drug-likeness (QED) is 0.702. The lowest BCUT2D eigenvalue weighted by Gasteiger charge is -2.34. The summed E-state index contributed by atoms with van der Waals surface area (Å²) in [5, 5.41) is 11.6. The van der Waals surface area contributed by atoms with E-state index in [2.05, 4.69) is 14.5 Å². The van der Waals surface area contributed by atoms with E-state index in [1.165, 1.54) is 0 Å². The van der Waals surface area contributed by atoms with Gasteiger partial charge in [0.2, 0.25) is 5.75 Å². The van der Waals surface area contributed by atoms with Gasteiger partial charge in [0.05, 0.1) is 6.04 Å². The molecule has 1 atom stereocenters. The molecular weight excluding hydrogens is 394 g/mol. The van der Waals surface area contributed by atoms with Crippen LogP contribution in [0.2, 0.25) is 0 Å². The Labute approximate surface area is 179 Å². The van der Waals surface area contributed by atoms with E-state index >= 15 is 0 Å². The SMILES string of the molecule is O=C1c2c(O)c(=O)nc(C(C3CCCC3)n3ccc4cccnc43)n2CCN1C1CC1. The molecule has 2 fully saturated rings. The van der Waals surface area contributed by atoms with Crippen LogP contribution in [0, 0.1) is 5.92 Å². The van der Waals surface area contributed by atoms with Crippen molar-refractivity contribution < 1.29 is 9.90 Å². The largest absolute Gasteiger partial charge is 0.501 e. The molecule has 1 amide bonds. The van der Waals surface area contributed by atoms with Gasteiger partial charge in [0.25, 0.3) is 5.91 Å². The van der Waals surface area contributed by atoms with Crippen molar-refractivity contribution in [3.8, 4) is 5.75 Å². The molecule has 0 radical (unpaired) electrons. The second kappa shape index (κ2) is 6.93. The van der Waals surface area contributed by atoms with Crippen LogP contribution in [0.3, 0.4) is 0 Å². The maximum absolute atomic E-state index is 13.2. The normalized spacial score (nSPS) is 20.4. The van der Waals surface area contributed by atoms with Crippen LogP contribution < -0.4 is 5.56 Å². The number of hydrogen-bond donors (Lipinski definition) is 1. The Morgan fingerprint density at radius 3 is 2.65 bits per heavy atom. The van der Waals surface area contributed by atoms with E-state index in [1.807, 2.05) is 24.4 Å². The monoisotopic (exact) mass is 419 g/mol. The van der Waals surface area contributed by atoms with Crippen LogP contribution in [0.15, 0.2) is 35.4 Å². The fourth-order valence-electron chi connectivity index (χ4n) is 5.46. The molecule has 1 N–H and O–H groups in total. The van der Waals surface area contributed by atoms with Crippen molar-refractivity contribution in [1.82, 2.24) is 24.0 Å². The number of carbonyl (C=O) groups excluding carboxylic acids is 1. The Morgan fingerprint density at radius 2 is 1.87 bits per heavy atom. The molecule has 3 aliphatic rings. The van der Waals surface area contributed by atoms with E-state index < -0.39 is 11.3 Å². The van der Waals surface area contributed by atoms with Crippen molar-refractivity contribution in [3.05, 3.63) is 52.5 Å². The average Bonchev–Trinajstić information content (AvgIpc) is 3.30. The summed E-state index contributed by atoms with van der Waals surface area (Å²) in [5.41, 5.74) is 0.220. The Hall–Kier alpha value is -3.16. The second-order valence-electron chi connectivity index (χ2n) is 8.98. The molecule has 6 rings (SSSR count). The van der Waals surface area contributed by atoms with Crippen LogP contribution >= 0.6 is 0 Å². The first-order chi connectivity index (χ1) is 15.1. The number of hydrogen-bond acceptors (Lipinski definition) is 5. The molecule has 160 valence electrons. The van der Waals surface area contributed by atoms with Crippen LogP contribution in [-0.2, 0) is 6.54 Å². The van der Waals surface area contributed by atoms with Gasteiger partial charge in [-0.3, -0.25) is 9.59 Å². The average molecular weight is 419 g/mol. The van der Waals surface area contributed by atoms with Gasteiger partial charge in [-0.25, -0.2) is 4.98 Å². The van der Waals surface area contributed by atoms with E-state index in [0.717, 1.165) is 49.6 Å². The molecule has 31 heavy (non-hydrogen) atoms. The van der Waals surface area contributed by atoms with Crippen molar-refractivity contribution in [2.45, 2.75) is 57.2 Å². The number of aromatic nitrogens is 4. The lowest BCUT2D eigenvalue weighted by molar-refractivity contribution is 0.0677. The zero-order chi connectivity index (χ0) is 21.1. The summed E-state index contributed by atoms with van der Waals surface area (Å²) < 4.78 is 3.91. The van der Waals surface area contributed by atoms with Gasteiger partial charge in [0.1, 0.15) is 11.5 Å². The highest BCUT2D eigenvalue weighted by Gasteiger charge is 2.41. The first-order valence-electron chi connectivity index (χ1n) is 11.2. The second-order valence-corrected chi connectivity index (χ2v) is 8.98. The molecule has 4 heterocycles. The smallest absolute Gasteiger partial charge is 0.315 e. The summed E-state index contributed by atoms with van der Waals surface area (Å²) in [6.07, 6.45) is 10.1. The number of rotatable bonds is 4. The summed E-state index contributed by atoms with van der Waals surface area (Å²) in [7, 11) is 0. The lowest BCUT2D eigenvalue weighted by atomic mass is 9.96. The molecule has 3 aromatic rings. The molecular formula is C23H25N5O3. The van der Waals surface area contributed by atoms with E-state index in [1.54, 1.807) is 15.7 Å². The van der Waals surface area contributed by atoms with Crippen molar-refractivity contribution in [3.63, 3.8) is 0 Å². The van der Waals surface area contributed by atoms with Gasteiger partial charge in [-0.15, -0.1) is 0 Å². The van der Waals surface area contributed by atoms with Crippen molar-refractivity contribution in [2.24, 2.45) is 5.92 Å². The van der Waals surface area contributed by atoms with Crippen LogP contribution in [-0.4, -0.2) is 47.6 Å². The molecule has 0 aromatic carbocycles. The number of nitrogens with zero attached hydrogens (tertiary/aromatic N) is 5. The van der Waals surface area contributed by atoms with Gasteiger partial charge in [-0.05, 0) is 49.8 Å². The summed E-state index contributed by atoms with van der Waals surface area (Å²) in [4.78, 5) is 36.7. The minimum absolute atomic E-state index is 0.0977. The number of pyridine rings is 1. The highest BCUT2D eigenvalue weighted by atomic mass is 16.3. The summed E-state index contributed by atoms with van der Waals surface area (Å²) in [6, 6.07) is 5.98. The van der Waals surface area contributed by atoms with Gasteiger partial charge >= 0.3 is 5.56 Å². The maximum Gasteiger partial charge on any atom is 0.315 e. The van der Waals surface area contributed by atoms with Gasteiger partial charge in [-0.2, -0.15) is 4.98 Å². The fourth-order valence-corrected chi connectivity index (χ4v) is 5.46. The van der Waals surface area contributed by atoms with Crippen molar-refractivity contribution in [2.75, 3.05) is 6.54 Å². The first-order valence-corrected chi connectivity index (χ1v) is 11.2. The van der Waals surface area contributed by atoms with Gasteiger partial charge < -0.3 is 19.1 Å². The van der Waals surface area contributed by atoms with Crippen molar-refractivity contribution >= 4 is 16.9 Å². The Kier molecular flexibility index (Phi) is 4.16. The van der Waals surface area contributed by atoms with Crippen LogP contribution in [0.4, 0.5) is 0 Å². The topological polar surface area (TPSA) is 93.2 Å². The lowest BCUT2D eigenvalue weighted by Crippen LogP contribution is -2.45. The van der Waals surface area contributed by atoms with Crippen LogP contribution in [0.5, 0.6) is 5.75 Å². The summed E-state index contributed by atoms with van der Waals surface area (Å²) in [6.45, 7) is 1.11. The molecule has 0 saturated heterocycles. The zero-order valence-electron chi connectivity index (χ0n) is 17.3. The number of carbonyl (C=O) groups is 1. The van der Waals surface area contributed by atoms with Crippen LogP contribution in [0.25, 0.3) is 11.0 Å². The van der Waals surface area contributed by atoms with E-state index in [9.17, 15) is 14.7 Å². The molecule has 3 aromatic heterocycles. The highest BCUT2D eigenvalue weighted by Crippen LogP contribution is 2.40. The Balaban J connectivity index is 1.56. The molecule has 1 aliphatic heterocycles. The molecule has 1 unspecified atom stereocenters. The van der Waals surface area contributed by atoms with E-state index in [0.29, 0.717) is 24.8 Å². The molecule has 2 aliphatic carbocycles. The fraction of sp³-hybridized carbons (Fsp3) is 0.478. The minimum Gasteiger partial charge on any atom is -0.501 e. The molecule has 0 bridgehead atoms. The third-order valence-electron chi connectivity index (χ3n) is 7.09. The third-order valence-corrected chi connectivity index (χ3v) is 7.09. The predicted octanol–water partition coefficient (Wildman–Crippen LogP) is 2.70. The molecule has 8 nitrogen and oxygen atoms in total.